The van der Waals surface area contributed by atoms with Crippen LogP contribution in [0.5, 0.6) is 0 Å². The fourth-order valence-electron chi connectivity index (χ4n) is 3.15. The van der Waals surface area contributed by atoms with Crippen LogP contribution < -0.4 is 10.6 Å². The average Bonchev–Trinajstić information content (AvgIpc) is 2.84. The van der Waals surface area contributed by atoms with Gasteiger partial charge in [-0.15, -0.1) is 0 Å². The molecular weight excluding hydrogens is 204 g/mol. The lowest BCUT2D eigenvalue weighted by Gasteiger charge is -2.22. The lowest BCUT2D eigenvalue weighted by atomic mass is 9.89. The van der Waals surface area contributed by atoms with Crippen molar-refractivity contribution in [3.63, 3.8) is 0 Å². The molecule has 0 radical (unpaired) electrons. The van der Waals surface area contributed by atoms with Gasteiger partial charge in [-0.05, 0) is 55.7 Å². The summed E-state index contributed by atoms with van der Waals surface area (Å²) in [4.78, 5) is 0. The summed E-state index contributed by atoms with van der Waals surface area (Å²) in [6, 6.07) is 0. The Morgan fingerprint density at radius 1 is 1.27 bits per heavy atom. The molecule has 0 saturated heterocycles. The van der Waals surface area contributed by atoms with Crippen molar-refractivity contribution in [2.75, 3.05) is 13.1 Å². The standard InChI is InChI=1S/C12H22N2S/c1-2-5-13-12(15)14-8-11-7-9-3-4-10(11)6-9/h9-11H,2-8H2,1H3,(H2,13,14,15)/t9-,10-,11-/m0/s1. The smallest absolute Gasteiger partial charge is 0.166 e. The predicted octanol–water partition coefficient (Wildman–Crippen LogP) is 2.30. The molecule has 0 aliphatic heterocycles. The number of rotatable bonds is 4. The Bertz CT molecular complexity index is 230. The molecule has 0 amide bonds. The van der Waals surface area contributed by atoms with E-state index in [-0.39, 0.29) is 0 Å². The maximum Gasteiger partial charge on any atom is 0.166 e. The minimum Gasteiger partial charge on any atom is -0.363 e. The van der Waals surface area contributed by atoms with E-state index in [0.29, 0.717) is 0 Å². The van der Waals surface area contributed by atoms with Gasteiger partial charge < -0.3 is 10.6 Å². The van der Waals surface area contributed by atoms with E-state index in [9.17, 15) is 0 Å². The van der Waals surface area contributed by atoms with Gasteiger partial charge in [0.25, 0.3) is 0 Å². The van der Waals surface area contributed by atoms with Gasteiger partial charge in [-0.2, -0.15) is 0 Å². The van der Waals surface area contributed by atoms with Crippen molar-refractivity contribution >= 4 is 17.3 Å². The Morgan fingerprint density at radius 3 is 2.73 bits per heavy atom. The van der Waals surface area contributed by atoms with Crippen molar-refractivity contribution in [3.8, 4) is 0 Å². The Balaban J connectivity index is 1.64. The van der Waals surface area contributed by atoms with Gasteiger partial charge in [-0.3, -0.25) is 0 Å². The number of fused-ring (bicyclic) bond motifs is 2. The first-order valence-electron chi connectivity index (χ1n) is 6.31. The molecule has 15 heavy (non-hydrogen) atoms. The first-order chi connectivity index (χ1) is 7.29. The lowest BCUT2D eigenvalue weighted by Crippen LogP contribution is -2.39. The van der Waals surface area contributed by atoms with Crippen LogP contribution in [0.15, 0.2) is 0 Å². The van der Waals surface area contributed by atoms with Crippen LogP contribution in [0.3, 0.4) is 0 Å². The molecule has 3 heteroatoms. The highest BCUT2D eigenvalue weighted by molar-refractivity contribution is 7.80. The number of thiocarbonyl (C=S) groups is 1. The molecule has 2 bridgehead atoms. The van der Waals surface area contributed by atoms with Crippen molar-refractivity contribution < 1.29 is 0 Å². The molecule has 0 aromatic rings. The summed E-state index contributed by atoms with van der Waals surface area (Å²) < 4.78 is 0. The van der Waals surface area contributed by atoms with Crippen molar-refractivity contribution in [3.05, 3.63) is 0 Å². The molecule has 2 aliphatic rings. The van der Waals surface area contributed by atoms with E-state index in [1.54, 1.807) is 0 Å². The minimum absolute atomic E-state index is 0.847. The maximum absolute atomic E-state index is 5.22. The van der Waals surface area contributed by atoms with Crippen molar-refractivity contribution in [1.29, 1.82) is 0 Å². The highest BCUT2D eigenvalue weighted by Gasteiger charge is 2.39. The molecular formula is C12H22N2S. The topological polar surface area (TPSA) is 24.1 Å². The summed E-state index contributed by atoms with van der Waals surface area (Å²) >= 11 is 5.22. The normalized spacial score (nSPS) is 33.0. The van der Waals surface area contributed by atoms with Gasteiger partial charge in [0, 0.05) is 13.1 Å². The van der Waals surface area contributed by atoms with Crippen LogP contribution in [-0.2, 0) is 0 Å². The van der Waals surface area contributed by atoms with Gasteiger partial charge in [-0.25, -0.2) is 0 Å². The fourth-order valence-corrected chi connectivity index (χ4v) is 3.34. The van der Waals surface area contributed by atoms with Crippen LogP contribution in [0.25, 0.3) is 0 Å². The molecule has 0 aromatic heterocycles. The molecule has 0 heterocycles. The second kappa shape index (κ2) is 5.15. The van der Waals surface area contributed by atoms with Gasteiger partial charge in [0.1, 0.15) is 0 Å². The summed E-state index contributed by atoms with van der Waals surface area (Å²) in [6.45, 7) is 4.24. The number of hydrogen-bond donors (Lipinski definition) is 2. The third-order valence-electron chi connectivity index (χ3n) is 3.94. The fraction of sp³-hybridized carbons (Fsp3) is 0.917. The quantitative estimate of drug-likeness (QED) is 0.719. The molecule has 0 unspecified atom stereocenters. The summed E-state index contributed by atoms with van der Waals surface area (Å²) in [5, 5.41) is 7.43. The zero-order valence-electron chi connectivity index (χ0n) is 9.59. The Labute approximate surface area is 98.2 Å². The first kappa shape index (κ1) is 11.2. The zero-order valence-corrected chi connectivity index (χ0v) is 10.4. The summed E-state index contributed by atoms with van der Waals surface area (Å²) in [5.41, 5.74) is 0. The number of nitrogens with one attached hydrogen (secondary N) is 2. The molecule has 3 atom stereocenters. The number of hydrogen-bond acceptors (Lipinski definition) is 1. The summed E-state index contributed by atoms with van der Waals surface area (Å²) in [6.07, 6.45) is 7.01. The highest BCUT2D eigenvalue weighted by Crippen LogP contribution is 2.47. The van der Waals surface area contributed by atoms with Gasteiger partial charge in [0.2, 0.25) is 0 Å². The molecule has 2 nitrogen and oxygen atoms in total. The van der Waals surface area contributed by atoms with E-state index < -0.39 is 0 Å². The van der Waals surface area contributed by atoms with Crippen molar-refractivity contribution in [2.45, 2.75) is 39.0 Å². The van der Waals surface area contributed by atoms with Crippen LogP contribution in [-0.4, -0.2) is 18.2 Å². The minimum atomic E-state index is 0.847. The van der Waals surface area contributed by atoms with Crippen LogP contribution in [0.1, 0.15) is 39.0 Å². The van der Waals surface area contributed by atoms with E-state index >= 15 is 0 Å². The van der Waals surface area contributed by atoms with Crippen LogP contribution in [0.2, 0.25) is 0 Å². The maximum atomic E-state index is 5.22. The van der Waals surface area contributed by atoms with E-state index in [4.69, 9.17) is 12.2 Å². The molecule has 86 valence electrons. The Morgan fingerprint density at radius 2 is 2.13 bits per heavy atom. The summed E-state index contributed by atoms with van der Waals surface area (Å²) in [7, 11) is 0. The third kappa shape index (κ3) is 2.83. The van der Waals surface area contributed by atoms with Crippen molar-refractivity contribution in [1.82, 2.24) is 10.6 Å². The van der Waals surface area contributed by atoms with Crippen LogP contribution >= 0.6 is 12.2 Å². The van der Waals surface area contributed by atoms with Gasteiger partial charge >= 0.3 is 0 Å². The average molecular weight is 226 g/mol. The highest BCUT2D eigenvalue weighted by atomic mass is 32.1. The Hall–Kier alpha value is -0.310. The Kier molecular flexibility index (Phi) is 3.84. The molecule has 0 spiro atoms. The first-order valence-corrected chi connectivity index (χ1v) is 6.72. The second-order valence-electron chi connectivity index (χ2n) is 5.07. The molecule has 2 rings (SSSR count). The van der Waals surface area contributed by atoms with Gasteiger partial charge in [-0.1, -0.05) is 13.3 Å². The van der Waals surface area contributed by atoms with Gasteiger partial charge in [0.15, 0.2) is 5.11 Å². The predicted molar refractivity (Wildman–Crippen MR) is 67.8 cm³/mol. The SMILES string of the molecule is CCCNC(=S)NC[C@@H]1C[C@H]2CC[C@H]1C2. The molecule has 2 aliphatic carbocycles. The van der Waals surface area contributed by atoms with E-state index in [1.165, 1.54) is 25.7 Å². The van der Waals surface area contributed by atoms with Crippen molar-refractivity contribution in [2.24, 2.45) is 17.8 Å². The third-order valence-corrected chi connectivity index (χ3v) is 4.23. The van der Waals surface area contributed by atoms with Crippen LogP contribution in [0.4, 0.5) is 0 Å². The van der Waals surface area contributed by atoms with E-state index in [1.807, 2.05) is 0 Å². The largest absolute Gasteiger partial charge is 0.363 e. The molecule has 0 aromatic carbocycles. The second-order valence-corrected chi connectivity index (χ2v) is 5.48. The summed E-state index contributed by atoms with van der Waals surface area (Å²) in [5.74, 6) is 2.93. The molecule has 2 fully saturated rings. The van der Waals surface area contributed by atoms with E-state index in [2.05, 4.69) is 17.6 Å². The lowest BCUT2D eigenvalue weighted by molar-refractivity contribution is 0.332. The molecule has 2 N–H and O–H groups in total. The van der Waals surface area contributed by atoms with E-state index in [0.717, 1.165) is 42.4 Å². The van der Waals surface area contributed by atoms with Crippen LogP contribution in [0, 0.1) is 17.8 Å². The monoisotopic (exact) mass is 226 g/mol. The molecule has 2 saturated carbocycles. The zero-order chi connectivity index (χ0) is 10.7. The van der Waals surface area contributed by atoms with Gasteiger partial charge in [0.05, 0.1) is 0 Å².